The number of allylic oxidation sites excluding steroid dienone is 2. The van der Waals surface area contributed by atoms with E-state index in [1.54, 1.807) is 0 Å². The van der Waals surface area contributed by atoms with Crippen LogP contribution in [-0.2, 0) is 11.3 Å². The molecule has 0 atom stereocenters. The Kier molecular flexibility index (Phi) is 8.09. The normalized spacial score (nSPS) is 21.0. The molecule has 2 heterocycles. The van der Waals surface area contributed by atoms with Crippen molar-refractivity contribution in [3.63, 3.8) is 0 Å². The van der Waals surface area contributed by atoms with Crippen LogP contribution in [0.1, 0.15) is 24.0 Å². The molecular formula is C28H32Cl2N4O. The summed E-state index contributed by atoms with van der Waals surface area (Å²) in [6.07, 6.45) is 6.47. The Balaban J connectivity index is 1.26. The first-order chi connectivity index (χ1) is 17.1. The molecule has 184 valence electrons. The molecule has 0 aromatic heterocycles. The smallest absolute Gasteiger partial charge is 0.0642 e. The number of hydrogen-bond acceptors (Lipinski definition) is 5. The summed E-state index contributed by atoms with van der Waals surface area (Å²) in [7, 11) is 0. The zero-order valence-corrected chi connectivity index (χ0v) is 21.5. The Labute approximate surface area is 218 Å². The number of nitrogens with zero attached hydrogens (tertiary/aromatic N) is 4. The first-order valence-corrected chi connectivity index (χ1v) is 13.2. The zero-order chi connectivity index (χ0) is 24.0. The van der Waals surface area contributed by atoms with Gasteiger partial charge in [-0.1, -0.05) is 47.5 Å². The van der Waals surface area contributed by atoms with Gasteiger partial charge in [0, 0.05) is 61.6 Å². The molecule has 2 aromatic rings. The Bertz CT molecular complexity index is 1080. The molecule has 0 bridgehead atoms. The van der Waals surface area contributed by atoms with Gasteiger partial charge in [-0.25, -0.2) is 0 Å². The highest BCUT2D eigenvalue weighted by Gasteiger charge is 2.26. The van der Waals surface area contributed by atoms with Crippen LogP contribution in [0, 0.1) is 0 Å². The van der Waals surface area contributed by atoms with Crippen molar-refractivity contribution in [3.8, 4) is 0 Å². The van der Waals surface area contributed by atoms with Gasteiger partial charge in [-0.2, -0.15) is 5.10 Å². The van der Waals surface area contributed by atoms with Crippen molar-refractivity contribution >= 4 is 35.5 Å². The van der Waals surface area contributed by atoms with Crippen molar-refractivity contribution in [2.75, 3.05) is 52.5 Å². The van der Waals surface area contributed by atoms with Crippen molar-refractivity contribution < 1.29 is 4.74 Å². The monoisotopic (exact) mass is 510 g/mol. The number of hydrogen-bond donors (Lipinski definition) is 0. The minimum Gasteiger partial charge on any atom is -0.378 e. The van der Waals surface area contributed by atoms with E-state index in [1.807, 2.05) is 24.3 Å². The van der Waals surface area contributed by atoms with Crippen LogP contribution in [-0.4, -0.2) is 73.5 Å². The van der Waals surface area contributed by atoms with Crippen LogP contribution in [0.25, 0.3) is 6.08 Å². The summed E-state index contributed by atoms with van der Waals surface area (Å²) in [6, 6.07) is 16.2. The molecule has 0 unspecified atom stereocenters. The van der Waals surface area contributed by atoms with E-state index in [9.17, 15) is 0 Å². The van der Waals surface area contributed by atoms with Gasteiger partial charge in [-0.3, -0.25) is 9.91 Å². The van der Waals surface area contributed by atoms with Gasteiger partial charge in [0.25, 0.3) is 0 Å². The predicted octanol–water partition coefficient (Wildman–Crippen LogP) is 5.56. The molecule has 35 heavy (non-hydrogen) atoms. The lowest BCUT2D eigenvalue weighted by Gasteiger charge is -2.33. The standard InChI is InChI=1S/C28H32Cl2N4O/c29-26-7-1-22(2-8-26)19-24-5-6-25(28(24)33-15-17-35-18-16-33)20-31-34-13-11-32(12-14-34)21-23-3-9-27(30)10-4-23/h1-4,7-10,19-20H,5-6,11-18,21H2/b24-19-,31-20+. The average molecular weight is 511 g/mol. The first kappa shape index (κ1) is 24.4. The molecule has 5 rings (SSSR count). The zero-order valence-electron chi connectivity index (χ0n) is 20.0. The van der Waals surface area contributed by atoms with Gasteiger partial charge in [0.05, 0.1) is 19.4 Å². The molecule has 2 aliphatic heterocycles. The van der Waals surface area contributed by atoms with Gasteiger partial charge in [-0.05, 0) is 65.5 Å². The fourth-order valence-corrected chi connectivity index (χ4v) is 5.19. The maximum atomic E-state index is 6.09. The molecule has 1 aliphatic carbocycles. The maximum absolute atomic E-state index is 6.09. The number of piperazine rings is 1. The van der Waals surface area contributed by atoms with Gasteiger partial charge in [0.1, 0.15) is 0 Å². The summed E-state index contributed by atoms with van der Waals surface area (Å²) in [5.74, 6) is 0. The Hall–Kier alpha value is -2.31. The summed E-state index contributed by atoms with van der Waals surface area (Å²) in [4.78, 5) is 4.96. The van der Waals surface area contributed by atoms with Crippen LogP contribution in [0.5, 0.6) is 0 Å². The number of morpholine rings is 1. The highest BCUT2D eigenvalue weighted by atomic mass is 35.5. The van der Waals surface area contributed by atoms with Crippen molar-refractivity contribution in [2.24, 2.45) is 5.10 Å². The van der Waals surface area contributed by atoms with Crippen LogP contribution >= 0.6 is 23.2 Å². The first-order valence-electron chi connectivity index (χ1n) is 12.4. The van der Waals surface area contributed by atoms with E-state index in [1.165, 1.54) is 28.0 Å². The topological polar surface area (TPSA) is 31.3 Å². The Morgan fingerprint density at radius 1 is 0.800 bits per heavy atom. The molecule has 3 aliphatic rings. The van der Waals surface area contributed by atoms with Crippen molar-refractivity contribution in [1.82, 2.24) is 14.8 Å². The fraction of sp³-hybridized carbons (Fsp3) is 0.393. The van der Waals surface area contributed by atoms with Crippen LogP contribution in [0.15, 0.2) is 70.5 Å². The third kappa shape index (κ3) is 6.47. The van der Waals surface area contributed by atoms with E-state index in [-0.39, 0.29) is 0 Å². The molecule has 7 heteroatoms. The molecule has 2 saturated heterocycles. The third-order valence-electron chi connectivity index (χ3n) is 6.86. The van der Waals surface area contributed by atoms with Crippen LogP contribution < -0.4 is 0 Å². The Morgan fingerprint density at radius 2 is 1.46 bits per heavy atom. The van der Waals surface area contributed by atoms with E-state index in [0.717, 1.165) is 81.9 Å². The highest BCUT2D eigenvalue weighted by molar-refractivity contribution is 6.30. The quantitative estimate of drug-likeness (QED) is 0.476. The lowest BCUT2D eigenvalue weighted by molar-refractivity contribution is 0.0548. The largest absolute Gasteiger partial charge is 0.378 e. The van der Waals surface area contributed by atoms with Crippen molar-refractivity contribution in [3.05, 3.63) is 86.5 Å². The lowest BCUT2D eigenvalue weighted by atomic mass is 10.1. The minimum absolute atomic E-state index is 0.767. The molecule has 2 fully saturated rings. The summed E-state index contributed by atoms with van der Waals surface area (Å²) < 4.78 is 5.62. The molecule has 0 saturated carbocycles. The van der Waals surface area contributed by atoms with Crippen LogP contribution in [0.3, 0.4) is 0 Å². The molecule has 0 radical (unpaired) electrons. The van der Waals surface area contributed by atoms with Gasteiger partial charge < -0.3 is 9.64 Å². The lowest BCUT2D eigenvalue weighted by Crippen LogP contribution is -2.43. The second-order valence-electron chi connectivity index (χ2n) is 9.30. The average Bonchev–Trinajstić information content (AvgIpc) is 3.29. The fourth-order valence-electron chi connectivity index (χ4n) is 4.94. The molecule has 5 nitrogen and oxygen atoms in total. The Morgan fingerprint density at radius 3 is 2.14 bits per heavy atom. The van der Waals surface area contributed by atoms with Gasteiger partial charge in [0.2, 0.25) is 0 Å². The van der Waals surface area contributed by atoms with E-state index in [4.69, 9.17) is 33.0 Å². The van der Waals surface area contributed by atoms with E-state index >= 15 is 0 Å². The third-order valence-corrected chi connectivity index (χ3v) is 7.36. The molecule has 0 spiro atoms. The summed E-state index contributed by atoms with van der Waals surface area (Å²) in [6.45, 7) is 8.26. The van der Waals surface area contributed by atoms with Crippen LogP contribution in [0.4, 0.5) is 0 Å². The second kappa shape index (κ2) is 11.6. The van der Waals surface area contributed by atoms with E-state index in [0.29, 0.717) is 0 Å². The van der Waals surface area contributed by atoms with E-state index < -0.39 is 0 Å². The van der Waals surface area contributed by atoms with Gasteiger partial charge in [-0.15, -0.1) is 0 Å². The molecule has 0 amide bonds. The number of hydrazone groups is 1. The SMILES string of the molecule is Clc1ccc(/C=C2/CCC(/C=N/N3CCN(Cc4ccc(Cl)cc4)CC3)=C2N2CCOCC2)cc1. The number of ether oxygens (including phenoxy) is 1. The minimum atomic E-state index is 0.767. The molecule has 0 N–H and O–H groups in total. The van der Waals surface area contributed by atoms with Crippen molar-refractivity contribution in [2.45, 2.75) is 19.4 Å². The number of halogens is 2. The second-order valence-corrected chi connectivity index (χ2v) is 10.2. The van der Waals surface area contributed by atoms with Crippen LogP contribution in [0.2, 0.25) is 10.0 Å². The summed E-state index contributed by atoms with van der Waals surface area (Å²) >= 11 is 12.1. The van der Waals surface area contributed by atoms with Gasteiger partial charge >= 0.3 is 0 Å². The molecule has 2 aromatic carbocycles. The summed E-state index contributed by atoms with van der Waals surface area (Å²) in [5.41, 5.74) is 6.54. The maximum Gasteiger partial charge on any atom is 0.0642 e. The van der Waals surface area contributed by atoms with Gasteiger partial charge in [0.15, 0.2) is 0 Å². The highest BCUT2D eigenvalue weighted by Crippen LogP contribution is 2.35. The molecular weight excluding hydrogens is 479 g/mol. The summed E-state index contributed by atoms with van der Waals surface area (Å²) in [5, 5.41) is 8.69. The van der Waals surface area contributed by atoms with E-state index in [2.05, 4.69) is 51.4 Å². The number of benzene rings is 2. The predicted molar refractivity (Wildman–Crippen MR) is 145 cm³/mol. The van der Waals surface area contributed by atoms with Crippen molar-refractivity contribution in [1.29, 1.82) is 0 Å². The number of rotatable bonds is 6.